The van der Waals surface area contributed by atoms with Crippen molar-refractivity contribution in [2.24, 2.45) is 0 Å². The van der Waals surface area contributed by atoms with Gasteiger partial charge in [-0.05, 0) is 43.5 Å². The van der Waals surface area contributed by atoms with Gasteiger partial charge in [-0.1, -0.05) is 15.9 Å². The number of ether oxygens (including phenoxy) is 1. The summed E-state index contributed by atoms with van der Waals surface area (Å²) in [6.07, 6.45) is 2.44. The van der Waals surface area contributed by atoms with Crippen LogP contribution in [-0.2, 0) is 4.74 Å². The molecule has 0 aromatic heterocycles. The Morgan fingerprint density at radius 1 is 1.24 bits per heavy atom. The number of carbonyl (C=O) groups excluding carboxylic acids is 1. The number of nitrogens with one attached hydrogen (secondary N) is 1. The van der Waals surface area contributed by atoms with E-state index in [4.69, 9.17) is 4.74 Å². The fourth-order valence-electron chi connectivity index (χ4n) is 1.23. The van der Waals surface area contributed by atoms with Crippen LogP contribution in [0.25, 0.3) is 0 Å². The van der Waals surface area contributed by atoms with E-state index < -0.39 is 6.09 Å². The number of rotatable bonds is 6. The van der Waals surface area contributed by atoms with Gasteiger partial charge in [0.15, 0.2) is 0 Å². The Labute approximate surface area is 108 Å². The fraction of sp³-hybridized carbons (Fsp3) is 0.417. The molecule has 1 rings (SSSR count). The van der Waals surface area contributed by atoms with Crippen LogP contribution in [0.1, 0.15) is 19.3 Å². The fourth-order valence-corrected chi connectivity index (χ4v) is 1.62. The van der Waals surface area contributed by atoms with Gasteiger partial charge < -0.3 is 4.74 Å². The Morgan fingerprint density at radius 3 is 2.59 bits per heavy atom. The minimum absolute atomic E-state index is 0.335. The normalized spacial score (nSPS) is 10.0. The number of halogens is 2. The summed E-state index contributed by atoms with van der Waals surface area (Å²) in [5, 5.41) is 3.49. The van der Waals surface area contributed by atoms with Gasteiger partial charge in [-0.15, -0.1) is 0 Å². The van der Waals surface area contributed by atoms with Crippen LogP contribution in [0.15, 0.2) is 24.3 Å². The molecule has 0 aliphatic heterocycles. The largest absolute Gasteiger partial charge is 0.449 e. The van der Waals surface area contributed by atoms with E-state index in [2.05, 4.69) is 21.2 Å². The second-order valence-corrected chi connectivity index (χ2v) is 4.31. The van der Waals surface area contributed by atoms with Gasteiger partial charge in [0.2, 0.25) is 0 Å². The Bertz CT molecular complexity index is 343. The second-order valence-electron chi connectivity index (χ2n) is 3.52. The molecule has 94 valence electrons. The average Bonchev–Trinajstić information content (AvgIpc) is 2.32. The molecule has 1 N–H and O–H groups in total. The van der Waals surface area contributed by atoms with E-state index in [1.165, 1.54) is 24.3 Å². The molecule has 0 aliphatic rings. The van der Waals surface area contributed by atoms with Crippen LogP contribution >= 0.6 is 15.9 Å². The van der Waals surface area contributed by atoms with Crippen LogP contribution in [0.5, 0.6) is 0 Å². The van der Waals surface area contributed by atoms with E-state index >= 15 is 0 Å². The highest BCUT2D eigenvalue weighted by Crippen LogP contribution is 2.08. The molecule has 5 heteroatoms. The Kier molecular flexibility index (Phi) is 6.62. The topological polar surface area (TPSA) is 38.3 Å². The van der Waals surface area contributed by atoms with Crippen molar-refractivity contribution in [2.45, 2.75) is 19.3 Å². The van der Waals surface area contributed by atoms with E-state index in [-0.39, 0.29) is 5.82 Å². The first-order chi connectivity index (χ1) is 8.22. The standard InChI is InChI=1S/C12H15BrFNO2/c13-8-2-1-3-9-17-12(16)15-11-6-4-10(14)5-7-11/h4-7H,1-3,8-9H2,(H,15,16). The molecule has 0 saturated carbocycles. The average molecular weight is 304 g/mol. The molecular weight excluding hydrogens is 289 g/mol. The van der Waals surface area contributed by atoms with Gasteiger partial charge in [-0.2, -0.15) is 0 Å². The van der Waals surface area contributed by atoms with Crippen LogP contribution in [0.3, 0.4) is 0 Å². The number of alkyl halides is 1. The highest BCUT2D eigenvalue weighted by molar-refractivity contribution is 9.09. The van der Waals surface area contributed by atoms with Crippen molar-refractivity contribution in [3.63, 3.8) is 0 Å². The molecule has 17 heavy (non-hydrogen) atoms. The molecule has 0 heterocycles. The predicted molar refractivity (Wildman–Crippen MR) is 69.0 cm³/mol. The molecule has 0 atom stereocenters. The van der Waals surface area contributed by atoms with E-state index in [1.807, 2.05) is 0 Å². The minimum Gasteiger partial charge on any atom is -0.449 e. The molecule has 0 radical (unpaired) electrons. The molecule has 0 bridgehead atoms. The third-order valence-corrected chi connectivity index (χ3v) is 2.66. The number of hydrogen-bond acceptors (Lipinski definition) is 2. The summed E-state index contributed by atoms with van der Waals surface area (Å²) in [6.45, 7) is 0.403. The van der Waals surface area contributed by atoms with Gasteiger partial charge in [0.25, 0.3) is 0 Å². The van der Waals surface area contributed by atoms with Crippen LogP contribution in [-0.4, -0.2) is 18.0 Å². The highest BCUT2D eigenvalue weighted by Gasteiger charge is 2.02. The SMILES string of the molecule is O=C(Nc1ccc(F)cc1)OCCCCCBr. The molecule has 0 aliphatic carbocycles. The van der Waals surface area contributed by atoms with Gasteiger partial charge in [-0.3, -0.25) is 5.32 Å². The summed E-state index contributed by atoms with van der Waals surface area (Å²) < 4.78 is 17.6. The molecule has 1 amide bonds. The summed E-state index contributed by atoms with van der Waals surface area (Å²) in [5.41, 5.74) is 0.525. The van der Waals surface area contributed by atoms with Crippen molar-refractivity contribution in [3.8, 4) is 0 Å². The molecule has 3 nitrogen and oxygen atoms in total. The molecular formula is C12H15BrFNO2. The smallest absolute Gasteiger partial charge is 0.411 e. The summed E-state index contributed by atoms with van der Waals surface area (Å²) >= 11 is 3.33. The third-order valence-electron chi connectivity index (χ3n) is 2.10. The van der Waals surface area contributed by atoms with Crippen molar-refractivity contribution >= 4 is 27.7 Å². The predicted octanol–water partition coefficient (Wildman–Crippen LogP) is 3.94. The van der Waals surface area contributed by atoms with Crippen molar-refractivity contribution in [2.75, 3.05) is 17.3 Å². The molecule has 0 spiro atoms. The van der Waals surface area contributed by atoms with Crippen LogP contribution in [0.4, 0.5) is 14.9 Å². The van der Waals surface area contributed by atoms with Crippen molar-refractivity contribution in [1.82, 2.24) is 0 Å². The zero-order valence-corrected chi connectivity index (χ0v) is 11.0. The van der Waals surface area contributed by atoms with Crippen molar-refractivity contribution < 1.29 is 13.9 Å². The van der Waals surface area contributed by atoms with Gasteiger partial charge in [0, 0.05) is 11.0 Å². The van der Waals surface area contributed by atoms with E-state index in [9.17, 15) is 9.18 Å². The lowest BCUT2D eigenvalue weighted by Gasteiger charge is -2.06. The van der Waals surface area contributed by atoms with E-state index in [0.29, 0.717) is 12.3 Å². The summed E-state index contributed by atoms with van der Waals surface area (Å²) in [5.74, 6) is -0.335. The Hall–Kier alpha value is -1.10. The molecule has 0 saturated heterocycles. The third kappa shape index (κ3) is 6.26. The molecule has 1 aromatic carbocycles. The van der Waals surface area contributed by atoms with Crippen molar-refractivity contribution in [1.29, 1.82) is 0 Å². The lowest BCUT2D eigenvalue weighted by Crippen LogP contribution is -2.14. The molecule has 1 aromatic rings. The molecule has 0 fully saturated rings. The number of amides is 1. The van der Waals surface area contributed by atoms with Gasteiger partial charge in [0.05, 0.1) is 6.61 Å². The van der Waals surface area contributed by atoms with Gasteiger partial charge in [-0.25, -0.2) is 9.18 Å². The first-order valence-corrected chi connectivity index (χ1v) is 6.60. The maximum atomic E-state index is 12.6. The molecule has 0 unspecified atom stereocenters. The number of benzene rings is 1. The minimum atomic E-state index is -0.504. The van der Waals surface area contributed by atoms with Crippen LogP contribution < -0.4 is 5.32 Å². The zero-order valence-electron chi connectivity index (χ0n) is 9.42. The first-order valence-electron chi connectivity index (χ1n) is 5.47. The first kappa shape index (κ1) is 14.0. The van der Waals surface area contributed by atoms with E-state index in [0.717, 1.165) is 24.6 Å². The quantitative estimate of drug-likeness (QED) is 0.638. The second kappa shape index (κ2) is 8.06. The maximum Gasteiger partial charge on any atom is 0.411 e. The number of hydrogen-bond donors (Lipinski definition) is 1. The van der Waals surface area contributed by atoms with E-state index in [1.54, 1.807) is 0 Å². The zero-order chi connectivity index (χ0) is 12.5. The van der Waals surface area contributed by atoms with Crippen LogP contribution in [0, 0.1) is 5.82 Å². The number of anilines is 1. The van der Waals surface area contributed by atoms with Crippen molar-refractivity contribution in [3.05, 3.63) is 30.1 Å². The maximum absolute atomic E-state index is 12.6. The monoisotopic (exact) mass is 303 g/mol. The summed E-state index contributed by atoms with van der Waals surface area (Å²) in [4.78, 5) is 11.3. The lowest BCUT2D eigenvalue weighted by molar-refractivity contribution is 0.159. The number of carbonyl (C=O) groups is 1. The Balaban J connectivity index is 2.18. The summed E-state index contributed by atoms with van der Waals surface area (Å²) in [7, 11) is 0. The van der Waals surface area contributed by atoms with Gasteiger partial charge >= 0.3 is 6.09 Å². The Morgan fingerprint density at radius 2 is 1.94 bits per heavy atom. The lowest BCUT2D eigenvalue weighted by atomic mass is 10.3. The highest BCUT2D eigenvalue weighted by atomic mass is 79.9. The van der Waals surface area contributed by atoms with Gasteiger partial charge in [0.1, 0.15) is 5.82 Å². The number of unbranched alkanes of at least 4 members (excludes halogenated alkanes) is 2. The van der Waals surface area contributed by atoms with Crippen LogP contribution in [0.2, 0.25) is 0 Å². The summed E-state index contributed by atoms with van der Waals surface area (Å²) in [6, 6.07) is 5.54.